The zero-order chi connectivity index (χ0) is 12.7. The lowest BCUT2D eigenvalue weighted by molar-refractivity contribution is 0.0670. The van der Waals surface area contributed by atoms with Crippen LogP contribution >= 0.6 is 0 Å². The molecule has 0 aliphatic rings. The van der Waals surface area contributed by atoms with Gasteiger partial charge in [-0.1, -0.05) is 30.3 Å². The number of hydrogen-bond donors (Lipinski definition) is 1. The van der Waals surface area contributed by atoms with E-state index in [2.05, 4.69) is 4.90 Å². The third-order valence-corrected chi connectivity index (χ3v) is 3.15. The van der Waals surface area contributed by atoms with E-state index in [1.807, 2.05) is 44.3 Å². The van der Waals surface area contributed by atoms with Gasteiger partial charge >= 0.3 is 0 Å². The predicted octanol–water partition coefficient (Wildman–Crippen LogP) is 2.08. The molecule has 0 saturated heterocycles. The van der Waals surface area contributed by atoms with E-state index in [0.717, 1.165) is 25.1 Å². The van der Waals surface area contributed by atoms with Crippen LogP contribution in [-0.2, 0) is 4.74 Å². The Morgan fingerprint density at radius 2 is 1.94 bits per heavy atom. The van der Waals surface area contributed by atoms with Crippen LogP contribution in [0.3, 0.4) is 0 Å². The largest absolute Gasteiger partial charge is 0.387 e. The second kappa shape index (κ2) is 7.43. The highest BCUT2D eigenvalue weighted by Gasteiger charge is 2.19. The van der Waals surface area contributed by atoms with E-state index >= 15 is 0 Å². The van der Waals surface area contributed by atoms with Crippen LogP contribution in [0, 0.1) is 0 Å². The molecular weight excluding hydrogens is 214 g/mol. The molecule has 0 radical (unpaired) electrons. The first-order valence-corrected chi connectivity index (χ1v) is 6.09. The first-order valence-electron chi connectivity index (χ1n) is 6.09. The summed E-state index contributed by atoms with van der Waals surface area (Å²) in [5.41, 5.74) is 0.971. The van der Waals surface area contributed by atoms with E-state index < -0.39 is 6.10 Å². The van der Waals surface area contributed by atoms with Gasteiger partial charge in [-0.05, 0) is 26.0 Å². The first-order chi connectivity index (χ1) is 8.16. The van der Waals surface area contributed by atoms with Gasteiger partial charge in [-0.3, -0.25) is 0 Å². The Bertz CT molecular complexity index is 302. The van der Waals surface area contributed by atoms with Crippen molar-refractivity contribution in [2.24, 2.45) is 0 Å². The van der Waals surface area contributed by atoms with Crippen LogP contribution in [0.5, 0.6) is 0 Å². The number of methoxy groups -OCH3 is 1. The molecule has 1 aromatic rings. The molecule has 0 aliphatic heterocycles. The molecule has 0 amide bonds. The molecule has 0 aliphatic carbocycles. The van der Waals surface area contributed by atoms with Gasteiger partial charge in [0.1, 0.15) is 0 Å². The van der Waals surface area contributed by atoms with Crippen LogP contribution in [0.1, 0.15) is 25.0 Å². The number of ether oxygens (including phenoxy) is 1. The summed E-state index contributed by atoms with van der Waals surface area (Å²) in [6.07, 6.45) is 0.544. The van der Waals surface area contributed by atoms with Crippen molar-refractivity contribution in [3.8, 4) is 0 Å². The van der Waals surface area contributed by atoms with E-state index in [1.165, 1.54) is 0 Å². The summed E-state index contributed by atoms with van der Waals surface area (Å²) in [5, 5.41) is 10.2. The Morgan fingerprint density at radius 1 is 1.29 bits per heavy atom. The topological polar surface area (TPSA) is 32.7 Å². The van der Waals surface area contributed by atoms with Crippen LogP contribution in [0.4, 0.5) is 0 Å². The van der Waals surface area contributed by atoms with Crippen LogP contribution < -0.4 is 0 Å². The minimum Gasteiger partial charge on any atom is -0.387 e. The Labute approximate surface area is 104 Å². The molecular formula is C14H23NO2. The monoisotopic (exact) mass is 237 g/mol. The maximum atomic E-state index is 10.2. The van der Waals surface area contributed by atoms with Crippen LogP contribution in [-0.4, -0.2) is 43.4 Å². The van der Waals surface area contributed by atoms with Crippen molar-refractivity contribution in [3.05, 3.63) is 35.9 Å². The number of likely N-dealkylation sites (N-methyl/N-ethyl adjacent to an activating group) is 1. The highest BCUT2D eigenvalue weighted by molar-refractivity contribution is 5.18. The quantitative estimate of drug-likeness (QED) is 0.737. The second-order valence-electron chi connectivity index (χ2n) is 4.42. The van der Waals surface area contributed by atoms with Crippen LogP contribution in [0.25, 0.3) is 0 Å². The van der Waals surface area contributed by atoms with Crippen LogP contribution in [0.2, 0.25) is 0 Å². The molecule has 1 aromatic carbocycles. The third-order valence-electron chi connectivity index (χ3n) is 3.15. The van der Waals surface area contributed by atoms with E-state index in [0.29, 0.717) is 0 Å². The number of rotatable bonds is 7. The van der Waals surface area contributed by atoms with Gasteiger partial charge in [0, 0.05) is 26.3 Å². The molecule has 96 valence electrons. The van der Waals surface area contributed by atoms with E-state index in [1.54, 1.807) is 7.11 Å². The average molecular weight is 237 g/mol. The number of hydrogen-bond acceptors (Lipinski definition) is 3. The Hall–Kier alpha value is -0.900. The number of aliphatic hydroxyl groups is 1. The van der Waals surface area contributed by atoms with Gasteiger partial charge in [0.05, 0.1) is 6.10 Å². The zero-order valence-corrected chi connectivity index (χ0v) is 11.0. The van der Waals surface area contributed by atoms with Gasteiger partial charge in [-0.15, -0.1) is 0 Å². The molecule has 1 N–H and O–H groups in total. The van der Waals surface area contributed by atoms with Gasteiger partial charge in [0.15, 0.2) is 0 Å². The van der Waals surface area contributed by atoms with E-state index in [4.69, 9.17) is 4.74 Å². The van der Waals surface area contributed by atoms with Crippen molar-refractivity contribution in [2.45, 2.75) is 25.5 Å². The molecule has 0 aromatic heterocycles. The van der Waals surface area contributed by atoms with Crippen molar-refractivity contribution in [1.82, 2.24) is 4.90 Å². The second-order valence-corrected chi connectivity index (χ2v) is 4.42. The Kier molecular flexibility index (Phi) is 6.19. The molecule has 3 heteroatoms. The summed E-state index contributed by atoms with van der Waals surface area (Å²) in [5.74, 6) is 0. The molecule has 0 fully saturated rings. The fraction of sp³-hybridized carbons (Fsp3) is 0.571. The van der Waals surface area contributed by atoms with Crippen molar-refractivity contribution < 1.29 is 9.84 Å². The van der Waals surface area contributed by atoms with E-state index in [9.17, 15) is 5.11 Å². The van der Waals surface area contributed by atoms with Gasteiger partial charge in [0.2, 0.25) is 0 Å². The lowest BCUT2D eigenvalue weighted by Crippen LogP contribution is -2.35. The normalized spacial score (nSPS) is 14.9. The molecule has 0 heterocycles. The standard InChI is InChI=1S/C14H23NO2/c1-12(15(2)10-7-11-17-3)14(16)13-8-5-4-6-9-13/h4-6,8-9,12,14,16H,7,10-11H2,1-3H3. The average Bonchev–Trinajstić information content (AvgIpc) is 2.38. The maximum Gasteiger partial charge on any atom is 0.0942 e. The lowest BCUT2D eigenvalue weighted by atomic mass is 10.0. The Morgan fingerprint density at radius 3 is 2.53 bits per heavy atom. The van der Waals surface area contributed by atoms with Crippen molar-refractivity contribution in [1.29, 1.82) is 0 Å². The van der Waals surface area contributed by atoms with Crippen molar-refractivity contribution >= 4 is 0 Å². The summed E-state index contributed by atoms with van der Waals surface area (Å²) >= 11 is 0. The molecule has 1 rings (SSSR count). The van der Waals surface area contributed by atoms with Gasteiger partial charge in [-0.2, -0.15) is 0 Å². The van der Waals surface area contributed by atoms with Gasteiger partial charge in [-0.25, -0.2) is 0 Å². The SMILES string of the molecule is COCCCN(C)C(C)C(O)c1ccccc1. The number of benzene rings is 1. The molecule has 17 heavy (non-hydrogen) atoms. The summed E-state index contributed by atoms with van der Waals surface area (Å²) < 4.78 is 5.03. The smallest absolute Gasteiger partial charge is 0.0942 e. The number of aliphatic hydroxyl groups excluding tert-OH is 1. The summed E-state index contributed by atoms with van der Waals surface area (Å²) in [6, 6.07) is 9.90. The summed E-state index contributed by atoms with van der Waals surface area (Å²) in [4.78, 5) is 2.16. The Balaban J connectivity index is 2.48. The molecule has 2 unspecified atom stereocenters. The van der Waals surface area contributed by atoms with Crippen molar-refractivity contribution in [3.63, 3.8) is 0 Å². The molecule has 0 spiro atoms. The van der Waals surface area contributed by atoms with E-state index in [-0.39, 0.29) is 6.04 Å². The van der Waals surface area contributed by atoms with Crippen molar-refractivity contribution in [2.75, 3.05) is 27.3 Å². The third kappa shape index (κ3) is 4.46. The molecule has 0 bridgehead atoms. The highest BCUT2D eigenvalue weighted by Crippen LogP contribution is 2.19. The van der Waals surface area contributed by atoms with Crippen LogP contribution in [0.15, 0.2) is 30.3 Å². The first kappa shape index (κ1) is 14.2. The lowest BCUT2D eigenvalue weighted by Gasteiger charge is -2.29. The van der Waals surface area contributed by atoms with Gasteiger partial charge < -0.3 is 14.7 Å². The predicted molar refractivity (Wildman–Crippen MR) is 70.0 cm³/mol. The highest BCUT2D eigenvalue weighted by atomic mass is 16.5. The fourth-order valence-electron chi connectivity index (χ4n) is 1.83. The maximum absolute atomic E-state index is 10.2. The zero-order valence-electron chi connectivity index (χ0n) is 11.0. The minimum atomic E-state index is -0.441. The fourth-order valence-corrected chi connectivity index (χ4v) is 1.83. The summed E-state index contributed by atoms with van der Waals surface area (Å²) in [7, 11) is 3.74. The molecule has 0 saturated carbocycles. The molecule has 3 nitrogen and oxygen atoms in total. The minimum absolute atomic E-state index is 0.106. The summed E-state index contributed by atoms with van der Waals surface area (Å²) in [6.45, 7) is 3.74. The number of nitrogens with zero attached hydrogens (tertiary/aromatic N) is 1. The van der Waals surface area contributed by atoms with Gasteiger partial charge in [0.25, 0.3) is 0 Å². The molecule has 2 atom stereocenters.